The number of piperidine rings is 1. The minimum Gasteiger partial charge on any atom is -0.470 e. The summed E-state index contributed by atoms with van der Waals surface area (Å²) in [6, 6.07) is 18.8. The number of nitrogens with one attached hydrogen (secondary N) is 1. The smallest absolute Gasteiger partial charge is 0.258 e. The molecule has 0 spiro atoms. The zero-order valence-electron chi connectivity index (χ0n) is 30.2. The molecule has 0 unspecified atom stereocenters. The largest absolute Gasteiger partial charge is 0.470 e. The van der Waals surface area contributed by atoms with Gasteiger partial charge < -0.3 is 20.7 Å². The van der Waals surface area contributed by atoms with Crippen molar-refractivity contribution in [2.24, 2.45) is 23.2 Å². The zero-order valence-corrected chi connectivity index (χ0v) is 30.2. The van der Waals surface area contributed by atoms with Crippen molar-refractivity contribution in [2.45, 2.75) is 115 Å². The lowest BCUT2D eigenvalue weighted by atomic mass is 9.49. The summed E-state index contributed by atoms with van der Waals surface area (Å²) in [7, 11) is 0. The van der Waals surface area contributed by atoms with Crippen molar-refractivity contribution in [2.75, 3.05) is 31.9 Å². The van der Waals surface area contributed by atoms with Crippen molar-refractivity contribution in [3.05, 3.63) is 71.9 Å². The van der Waals surface area contributed by atoms with Gasteiger partial charge >= 0.3 is 0 Å². The SMILES string of the molecule is Nc1ncc(-c2ccc(C3CCN(CCCCCCCCCC(=O)NCC45CC6CC(CC(C6)C4)C5)CC3)cc2)nc1OCc1ccccc1. The molecule has 2 heterocycles. The van der Waals surface area contributed by atoms with Crippen LogP contribution in [0.15, 0.2) is 60.8 Å². The van der Waals surface area contributed by atoms with Gasteiger partial charge in [0, 0.05) is 18.5 Å². The molecule has 268 valence electrons. The summed E-state index contributed by atoms with van der Waals surface area (Å²) < 4.78 is 5.90. The second-order valence-corrected chi connectivity index (χ2v) is 16.4. The predicted molar refractivity (Wildman–Crippen MR) is 202 cm³/mol. The van der Waals surface area contributed by atoms with E-state index in [1.54, 1.807) is 6.20 Å². The molecular weight excluding hydrogens is 619 g/mol. The average molecular weight is 678 g/mol. The second-order valence-electron chi connectivity index (χ2n) is 16.4. The third kappa shape index (κ3) is 9.25. The van der Waals surface area contributed by atoms with Crippen molar-refractivity contribution in [3.63, 3.8) is 0 Å². The second kappa shape index (κ2) is 16.7. The minimum absolute atomic E-state index is 0.300. The molecule has 5 fully saturated rings. The normalized spacial score (nSPS) is 24.8. The van der Waals surface area contributed by atoms with Crippen molar-refractivity contribution in [1.82, 2.24) is 20.2 Å². The first-order valence-electron chi connectivity index (χ1n) is 19.9. The van der Waals surface area contributed by atoms with Gasteiger partial charge in [0.25, 0.3) is 5.88 Å². The molecule has 4 bridgehead atoms. The number of anilines is 1. The Morgan fingerprint density at radius 3 is 2.16 bits per heavy atom. The Hall–Kier alpha value is -3.45. The van der Waals surface area contributed by atoms with Gasteiger partial charge in [-0.15, -0.1) is 0 Å². The number of rotatable bonds is 17. The van der Waals surface area contributed by atoms with Gasteiger partial charge in [0.1, 0.15) is 6.61 Å². The molecule has 1 aromatic heterocycles. The Labute approximate surface area is 300 Å². The number of ether oxygens (including phenoxy) is 1. The highest BCUT2D eigenvalue weighted by Gasteiger charge is 2.50. The maximum absolute atomic E-state index is 12.6. The maximum atomic E-state index is 12.6. The van der Waals surface area contributed by atoms with Gasteiger partial charge in [0.15, 0.2) is 5.82 Å². The van der Waals surface area contributed by atoms with E-state index in [0.29, 0.717) is 35.5 Å². The van der Waals surface area contributed by atoms with Crippen molar-refractivity contribution in [3.8, 4) is 17.1 Å². The Kier molecular flexibility index (Phi) is 11.7. The monoisotopic (exact) mass is 677 g/mol. The highest BCUT2D eigenvalue weighted by Crippen LogP contribution is 2.59. The quantitative estimate of drug-likeness (QED) is 0.139. The van der Waals surface area contributed by atoms with Crippen molar-refractivity contribution >= 4 is 11.7 Å². The topological polar surface area (TPSA) is 93.4 Å². The van der Waals surface area contributed by atoms with Crippen LogP contribution < -0.4 is 15.8 Å². The molecule has 1 aliphatic heterocycles. The first-order valence-corrected chi connectivity index (χ1v) is 19.9. The lowest BCUT2D eigenvalue weighted by Crippen LogP contribution is -2.51. The van der Waals surface area contributed by atoms with Crippen molar-refractivity contribution in [1.29, 1.82) is 0 Å². The van der Waals surface area contributed by atoms with E-state index >= 15 is 0 Å². The van der Waals surface area contributed by atoms with Crippen molar-refractivity contribution < 1.29 is 9.53 Å². The van der Waals surface area contributed by atoms with E-state index < -0.39 is 0 Å². The first kappa shape index (κ1) is 35.0. The van der Waals surface area contributed by atoms with Crippen LogP contribution in [0, 0.1) is 23.2 Å². The molecule has 2 aromatic carbocycles. The number of unbranched alkanes of at least 4 members (excludes halogenated alkanes) is 6. The standard InChI is InChI=1S/C43H59N5O2/c44-41-42(50-30-32-11-7-6-8-12-32)47-39(29-45-41)38-16-14-36(15-17-38)37-18-21-48(22-19-37)20-10-5-3-1-2-4-9-13-40(49)46-31-43-26-33-23-34(27-43)25-35(24-33)28-43/h6-8,11-12,14-17,29,33-35,37H,1-5,9-10,13,18-28,30-31H2,(H2,44,45)(H,46,49). The number of hydrogen-bond donors (Lipinski definition) is 2. The highest BCUT2D eigenvalue weighted by atomic mass is 16.5. The van der Waals surface area contributed by atoms with Gasteiger partial charge in [-0.25, -0.2) is 9.97 Å². The van der Waals surface area contributed by atoms with Gasteiger partial charge in [0.2, 0.25) is 5.91 Å². The molecule has 5 aliphatic rings. The van der Waals surface area contributed by atoms with E-state index in [2.05, 4.69) is 44.5 Å². The Bertz CT molecular complexity index is 1480. The number of carbonyl (C=O) groups excluding carboxylic acids is 1. The number of hydrogen-bond acceptors (Lipinski definition) is 6. The number of benzene rings is 2. The molecule has 7 heteroatoms. The van der Waals surface area contributed by atoms with Crippen LogP contribution in [0.1, 0.15) is 120 Å². The number of aromatic nitrogens is 2. The number of amides is 1. The molecule has 3 N–H and O–H groups in total. The van der Waals surface area contributed by atoms with Gasteiger partial charge in [-0.1, -0.05) is 86.7 Å². The number of likely N-dealkylation sites (tertiary alicyclic amines) is 1. The average Bonchev–Trinajstić information content (AvgIpc) is 3.13. The molecule has 0 atom stereocenters. The summed E-state index contributed by atoms with van der Waals surface area (Å²) in [5.74, 6) is 4.47. The maximum Gasteiger partial charge on any atom is 0.258 e. The zero-order chi connectivity index (χ0) is 34.2. The van der Waals surface area contributed by atoms with Crippen LogP contribution in [0.3, 0.4) is 0 Å². The van der Waals surface area contributed by atoms with E-state index in [9.17, 15) is 4.79 Å². The summed E-state index contributed by atoms with van der Waals surface area (Å²) in [6.45, 7) is 4.95. The molecule has 4 saturated carbocycles. The van der Waals surface area contributed by atoms with E-state index in [1.807, 2.05) is 30.3 Å². The van der Waals surface area contributed by atoms with Gasteiger partial charge in [-0.05, 0) is 124 Å². The van der Waals surface area contributed by atoms with Gasteiger partial charge in [-0.2, -0.15) is 0 Å². The summed E-state index contributed by atoms with van der Waals surface area (Å²) in [4.78, 5) is 24.3. The van der Waals surface area contributed by atoms with Gasteiger partial charge in [-0.3, -0.25) is 4.79 Å². The van der Waals surface area contributed by atoms with Crippen LogP contribution in [0.2, 0.25) is 0 Å². The fourth-order valence-electron chi connectivity index (χ4n) is 10.2. The summed E-state index contributed by atoms with van der Waals surface area (Å²) in [6.07, 6.45) is 22.2. The van der Waals surface area contributed by atoms with Crippen LogP contribution in [-0.2, 0) is 11.4 Å². The summed E-state index contributed by atoms with van der Waals surface area (Å²) >= 11 is 0. The van der Waals surface area contributed by atoms with E-state index in [1.165, 1.54) is 115 Å². The molecule has 0 radical (unpaired) electrons. The number of nitrogens with zero attached hydrogens (tertiary/aromatic N) is 3. The van der Waals surface area contributed by atoms with Crippen LogP contribution >= 0.6 is 0 Å². The van der Waals surface area contributed by atoms with E-state index in [4.69, 9.17) is 10.5 Å². The van der Waals surface area contributed by atoms with E-state index in [0.717, 1.165) is 54.0 Å². The molecule has 7 nitrogen and oxygen atoms in total. The van der Waals surface area contributed by atoms with Crippen LogP contribution in [0.4, 0.5) is 5.82 Å². The third-order valence-corrected chi connectivity index (χ3v) is 12.5. The number of nitrogens with two attached hydrogens (primary N) is 1. The lowest BCUT2D eigenvalue weighted by molar-refractivity contribution is -0.123. The first-order chi connectivity index (χ1) is 24.5. The fraction of sp³-hybridized carbons (Fsp3) is 0.605. The van der Waals surface area contributed by atoms with E-state index in [-0.39, 0.29) is 0 Å². The predicted octanol–water partition coefficient (Wildman–Crippen LogP) is 8.94. The Balaban J connectivity index is 0.726. The van der Waals surface area contributed by atoms with Gasteiger partial charge in [0.05, 0.1) is 11.9 Å². The summed E-state index contributed by atoms with van der Waals surface area (Å²) in [5, 5.41) is 3.37. The van der Waals surface area contributed by atoms with Crippen LogP contribution in [0.25, 0.3) is 11.3 Å². The fourth-order valence-corrected chi connectivity index (χ4v) is 10.2. The number of carbonyl (C=O) groups is 1. The third-order valence-electron chi connectivity index (χ3n) is 12.5. The molecule has 1 amide bonds. The molecule has 50 heavy (non-hydrogen) atoms. The lowest BCUT2D eigenvalue weighted by Gasteiger charge is -2.56. The Morgan fingerprint density at radius 1 is 0.840 bits per heavy atom. The molecule has 8 rings (SSSR count). The molecule has 3 aromatic rings. The highest BCUT2D eigenvalue weighted by molar-refractivity contribution is 5.75. The summed E-state index contributed by atoms with van der Waals surface area (Å²) in [5.41, 5.74) is 10.8. The molecular formula is C43H59N5O2. The number of nitrogen functional groups attached to an aromatic ring is 1. The Morgan fingerprint density at radius 2 is 1.48 bits per heavy atom. The minimum atomic E-state index is 0.300. The van der Waals surface area contributed by atoms with Crippen LogP contribution in [0.5, 0.6) is 5.88 Å². The molecule has 1 saturated heterocycles. The molecule has 4 aliphatic carbocycles. The van der Waals surface area contributed by atoms with Crippen LogP contribution in [-0.4, -0.2) is 47.0 Å².